The van der Waals surface area contributed by atoms with Crippen LogP contribution < -0.4 is 4.74 Å². The lowest BCUT2D eigenvalue weighted by Gasteiger charge is -2.36. The molecule has 1 aromatic carbocycles. The molecule has 45 heavy (non-hydrogen) atoms. The van der Waals surface area contributed by atoms with E-state index < -0.39 is 66.3 Å². The van der Waals surface area contributed by atoms with Gasteiger partial charge in [0.05, 0.1) is 31.9 Å². The summed E-state index contributed by atoms with van der Waals surface area (Å²) in [5.41, 5.74) is -2.18. The van der Waals surface area contributed by atoms with Crippen LogP contribution in [0.1, 0.15) is 76.2 Å². The van der Waals surface area contributed by atoms with Gasteiger partial charge in [0.1, 0.15) is 22.9 Å². The first-order valence-corrected chi connectivity index (χ1v) is 15.3. The van der Waals surface area contributed by atoms with Gasteiger partial charge in [-0.15, -0.1) is 0 Å². The lowest BCUT2D eigenvalue weighted by molar-refractivity contribution is -0.390. The molecule has 0 aromatic heterocycles. The fraction of sp³-hybridized carbons (Fsp3) is 0.742. The summed E-state index contributed by atoms with van der Waals surface area (Å²) < 4.78 is 157. The highest BCUT2D eigenvalue weighted by Gasteiger charge is 2.48. The minimum atomic E-state index is -5.33. The fourth-order valence-electron chi connectivity index (χ4n) is 6.19. The third-order valence-electron chi connectivity index (χ3n) is 8.74. The van der Waals surface area contributed by atoms with E-state index in [4.69, 9.17) is 14.2 Å². The quantitative estimate of drug-likeness (QED) is 0.127. The molecule has 2 saturated carbocycles. The van der Waals surface area contributed by atoms with Crippen molar-refractivity contribution in [3.8, 4) is 5.75 Å². The Morgan fingerprint density at radius 3 is 1.78 bits per heavy atom. The summed E-state index contributed by atoms with van der Waals surface area (Å²) in [5.74, 6) is -6.38. The molecule has 3 aliphatic rings. The first-order chi connectivity index (χ1) is 21.2. The Labute approximate surface area is 255 Å². The van der Waals surface area contributed by atoms with E-state index in [0.717, 1.165) is 0 Å². The van der Waals surface area contributed by atoms with E-state index in [1.807, 2.05) is 12.2 Å². The highest BCUT2D eigenvalue weighted by Crippen LogP contribution is 2.43. The molecule has 1 heterocycles. The summed E-state index contributed by atoms with van der Waals surface area (Å²) in [4.78, 5) is 0. The third-order valence-corrected chi connectivity index (χ3v) is 8.74. The number of halogens is 10. The molecule has 3 fully saturated rings. The van der Waals surface area contributed by atoms with Crippen LogP contribution in [0.15, 0.2) is 24.3 Å². The molecule has 1 aliphatic heterocycles. The summed E-state index contributed by atoms with van der Waals surface area (Å²) in [6.45, 7) is -0.230. The Balaban J connectivity index is 1.17. The maximum Gasteiger partial charge on any atom is 0.422 e. The maximum absolute atomic E-state index is 14.7. The summed E-state index contributed by atoms with van der Waals surface area (Å²) in [6, 6.07) is 0.197. The van der Waals surface area contributed by atoms with Crippen molar-refractivity contribution in [2.75, 3.05) is 19.9 Å². The first-order valence-electron chi connectivity index (χ1n) is 15.3. The number of allylic oxidation sites excluding steroid dienone is 2. The van der Waals surface area contributed by atoms with Crippen molar-refractivity contribution >= 4 is 0 Å². The second-order valence-electron chi connectivity index (χ2n) is 12.2. The van der Waals surface area contributed by atoms with Gasteiger partial charge in [-0.05, 0) is 76.0 Å². The van der Waals surface area contributed by atoms with Gasteiger partial charge in [0, 0.05) is 18.1 Å². The zero-order chi connectivity index (χ0) is 32.8. The normalized spacial score (nSPS) is 28.8. The van der Waals surface area contributed by atoms with Crippen LogP contribution in [0.4, 0.5) is 43.9 Å². The van der Waals surface area contributed by atoms with Crippen LogP contribution in [-0.4, -0.2) is 44.5 Å². The predicted octanol–water partition coefficient (Wildman–Crippen LogP) is 9.61. The molecule has 256 valence electrons. The van der Waals surface area contributed by atoms with E-state index in [9.17, 15) is 43.9 Å². The topological polar surface area (TPSA) is 36.9 Å². The van der Waals surface area contributed by atoms with Gasteiger partial charge in [-0.3, -0.25) is 4.39 Å². The first kappa shape index (κ1) is 35.8. The van der Waals surface area contributed by atoms with Crippen LogP contribution >= 0.6 is 0 Å². The van der Waals surface area contributed by atoms with Crippen LogP contribution in [0.5, 0.6) is 5.75 Å². The lowest BCUT2D eigenvalue weighted by atomic mass is 9.80. The Hall–Kier alpha value is -2.06. The molecule has 0 N–H and O–H groups in total. The summed E-state index contributed by atoms with van der Waals surface area (Å²) in [6.07, 6.45) is -6.89. The van der Waals surface area contributed by atoms with Crippen molar-refractivity contribution in [1.29, 1.82) is 0 Å². The van der Waals surface area contributed by atoms with Crippen LogP contribution in [-0.2, 0) is 20.4 Å². The van der Waals surface area contributed by atoms with Crippen molar-refractivity contribution in [2.45, 2.75) is 101 Å². The molecule has 4 nitrogen and oxygen atoms in total. The van der Waals surface area contributed by atoms with Crippen molar-refractivity contribution in [3.63, 3.8) is 0 Å². The molecule has 14 heteroatoms. The van der Waals surface area contributed by atoms with E-state index >= 15 is 0 Å². The number of hydrogen-bond donors (Lipinski definition) is 0. The molecule has 0 radical (unpaired) electrons. The van der Waals surface area contributed by atoms with Gasteiger partial charge >= 0.3 is 18.4 Å². The molecular formula is C31H38F10O4. The number of unbranched alkanes of at least 4 members (excludes halogenated alkanes) is 1. The summed E-state index contributed by atoms with van der Waals surface area (Å²) in [5, 5.41) is 0. The fourth-order valence-corrected chi connectivity index (χ4v) is 6.19. The Morgan fingerprint density at radius 2 is 1.27 bits per heavy atom. The highest BCUT2D eigenvalue weighted by atomic mass is 19.4. The SMILES string of the molecule is FCCCCC1COC(C(F)(F)OC2CCC(/C=C/C3CCC(C(F)(F)Oc4cc(F)c(C(F)(F)F)c(F)c4)CC3)CC2)OC1. The van der Waals surface area contributed by atoms with Crippen molar-refractivity contribution < 1.29 is 62.9 Å². The van der Waals surface area contributed by atoms with Crippen LogP contribution in [0, 0.1) is 35.3 Å². The van der Waals surface area contributed by atoms with E-state index in [2.05, 4.69) is 4.74 Å². The Bertz CT molecular complexity index is 1080. The highest BCUT2D eigenvalue weighted by molar-refractivity contribution is 5.32. The van der Waals surface area contributed by atoms with Crippen LogP contribution in [0.3, 0.4) is 0 Å². The van der Waals surface area contributed by atoms with Gasteiger partial charge < -0.3 is 18.9 Å². The lowest BCUT2D eigenvalue weighted by Crippen LogP contribution is -2.47. The monoisotopic (exact) mass is 664 g/mol. The molecule has 0 atom stereocenters. The third kappa shape index (κ3) is 9.96. The van der Waals surface area contributed by atoms with Gasteiger partial charge in [-0.2, -0.15) is 30.7 Å². The van der Waals surface area contributed by atoms with Gasteiger partial charge in [0.15, 0.2) is 0 Å². The standard InChI is InChI=1S/C31H38F10O4/c32-14-2-1-3-21-17-42-28(43-18-21)31(40,41)44-23-12-8-20(9-13-23)5-4-19-6-10-22(11-7-19)30(38,39)45-24-15-25(33)27(26(34)16-24)29(35,36)37/h4-5,15-16,19-23,28H,1-3,6-14,17-18H2/b5-4+. The van der Waals surface area contributed by atoms with Gasteiger partial charge in [0.25, 0.3) is 6.29 Å². The second-order valence-corrected chi connectivity index (χ2v) is 12.2. The van der Waals surface area contributed by atoms with Crippen molar-refractivity contribution in [1.82, 2.24) is 0 Å². The molecule has 0 bridgehead atoms. The average molecular weight is 665 g/mol. The summed E-state index contributed by atoms with van der Waals surface area (Å²) >= 11 is 0. The summed E-state index contributed by atoms with van der Waals surface area (Å²) in [7, 11) is 0. The van der Waals surface area contributed by atoms with Gasteiger partial charge in [0.2, 0.25) is 0 Å². The molecule has 1 aromatic rings. The second kappa shape index (κ2) is 15.2. The molecule has 2 aliphatic carbocycles. The molecule has 0 unspecified atom stereocenters. The number of hydrogen-bond acceptors (Lipinski definition) is 4. The van der Waals surface area contributed by atoms with E-state index in [-0.39, 0.29) is 55.9 Å². The van der Waals surface area contributed by atoms with Gasteiger partial charge in [-0.25, -0.2) is 8.78 Å². The molecular weight excluding hydrogens is 626 g/mol. The number of benzene rings is 1. The maximum atomic E-state index is 14.7. The van der Waals surface area contributed by atoms with E-state index in [0.29, 0.717) is 57.8 Å². The number of alkyl halides is 8. The van der Waals surface area contributed by atoms with E-state index in [1.165, 1.54) is 0 Å². The smallest absolute Gasteiger partial charge is 0.422 e. The van der Waals surface area contributed by atoms with Crippen LogP contribution in [0.25, 0.3) is 0 Å². The van der Waals surface area contributed by atoms with E-state index in [1.54, 1.807) is 0 Å². The zero-order valence-corrected chi connectivity index (χ0v) is 24.6. The minimum absolute atomic E-state index is 0.0160. The Morgan fingerprint density at radius 1 is 0.733 bits per heavy atom. The minimum Gasteiger partial charge on any atom is -0.432 e. The number of rotatable bonds is 12. The number of ether oxygens (including phenoxy) is 4. The van der Waals surface area contributed by atoms with Crippen molar-refractivity contribution in [3.05, 3.63) is 41.5 Å². The van der Waals surface area contributed by atoms with Gasteiger partial charge in [-0.1, -0.05) is 18.6 Å². The largest absolute Gasteiger partial charge is 0.432 e. The molecule has 4 rings (SSSR count). The van der Waals surface area contributed by atoms with Crippen molar-refractivity contribution in [2.24, 2.45) is 23.7 Å². The molecule has 0 spiro atoms. The Kier molecular flexibility index (Phi) is 12.1. The van der Waals surface area contributed by atoms with Crippen LogP contribution in [0.2, 0.25) is 0 Å². The predicted molar refractivity (Wildman–Crippen MR) is 142 cm³/mol. The zero-order valence-electron chi connectivity index (χ0n) is 24.6. The molecule has 1 saturated heterocycles. The molecule has 0 amide bonds. The average Bonchev–Trinajstić information content (AvgIpc) is 2.96.